The van der Waals surface area contributed by atoms with Crippen LogP contribution in [-0.4, -0.2) is 24.0 Å². The van der Waals surface area contributed by atoms with Crippen LogP contribution in [-0.2, 0) is 11.3 Å². The summed E-state index contributed by atoms with van der Waals surface area (Å²) in [7, 11) is 0. The predicted molar refractivity (Wildman–Crippen MR) is 102 cm³/mol. The van der Waals surface area contributed by atoms with E-state index in [4.69, 9.17) is 0 Å². The molecule has 1 N–H and O–H groups in total. The van der Waals surface area contributed by atoms with E-state index in [1.165, 1.54) is 12.8 Å². The Morgan fingerprint density at radius 1 is 1.16 bits per heavy atom. The lowest BCUT2D eigenvalue weighted by Crippen LogP contribution is -2.29. The van der Waals surface area contributed by atoms with Crippen molar-refractivity contribution in [3.8, 4) is 0 Å². The third kappa shape index (κ3) is 4.59. The first-order valence-corrected chi connectivity index (χ1v) is 9.30. The summed E-state index contributed by atoms with van der Waals surface area (Å²) in [5.74, 6) is 1.06. The summed E-state index contributed by atoms with van der Waals surface area (Å²) in [5.41, 5.74) is 2.13. The lowest BCUT2D eigenvalue weighted by atomic mass is 9.93. The smallest absolute Gasteiger partial charge is 0.227 e. The fourth-order valence-electron chi connectivity index (χ4n) is 3.39. The Morgan fingerprint density at radius 2 is 1.92 bits per heavy atom. The normalized spacial score (nSPS) is 15.2. The number of aromatic nitrogens is 1. The number of nitrogens with zero attached hydrogens (tertiary/aromatic N) is 2. The summed E-state index contributed by atoms with van der Waals surface area (Å²) < 4.78 is 0. The summed E-state index contributed by atoms with van der Waals surface area (Å²) in [6.07, 6.45) is 6.22. The molecular weight excluding hydrogens is 310 g/mol. The molecule has 0 saturated carbocycles. The first-order chi connectivity index (χ1) is 12.3. The summed E-state index contributed by atoms with van der Waals surface area (Å²) in [4.78, 5) is 19.5. The maximum atomic E-state index is 12.6. The number of carbonyl (C=O) groups excluding carboxylic acids is 1. The first kappa shape index (κ1) is 17.5. The minimum absolute atomic E-state index is 0.0805. The highest BCUT2D eigenvalue weighted by atomic mass is 16.1. The molecule has 1 unspecified atom stereocenters. The molecule has 1 saturated heterocycles. The molecule has 25 heavy (non-hydrogen) atoms. The molecule has 1 amide bonds. The van der Waals surface area contributed by atoms with Gasteiger partial charge in [0.05, 0.1) is 5.92 Å². The number of hydrogen-bond acceptors (Lipinski definition) is 3. The molecule has 0 aliphatic carbocycles. The number of anilines is 1. The summed E-state index contributed by atoms with van der Waals surface area (Å²) in [5, 5.41) is 3.08. The third-order valence-electron chi connectivity index (χ3n) is 4.80. The van der Waals surface area contributed by atoms with Crippen molar-refractivity contribution in [1.29, 1.82) is 0 Å². The van der Waals surface area contributed by atoms with Gasteiger partial charge in [-0.25, -0.2) is 4.98 Å². The zero-order chi connectivity index (χ0) is 17.5. The quantitative estimate of drug-likeness (QED) is 0.834. The first-order valence-electron chi connectivity index (χ1n) is 9.30. The number of pyridine rings is 1. The molecule has 3 rings (SSSR count). The minimum atomic E-state index is -0.0805. The van der Waals surface area contributed by atoms with Crippen LogP contribution in [0.2, 0.25) is 0 Å². The van der Waals surface area contributed by atoms with Crippen LogP contribution in [0.25, 0.3) is 0 Å². The minimum Gasteiger partial charge on any atom is -0.357 e. The van der Waals surface area contributed by atoms with Crippen LogP contribution in [0.15, 0.2) is 48.7 Å². The van der Waals surface area contributed by atoms with E-state index in [0.29, 0.717) is 6.54 Å². The van der Waals surface area contributed by atoms with Gasteiger partial charge in [0.25, 0.3) is 0 Å². The highest BCUT2D eigenvalue weighted by Gasteiger charge is 2.19. The zero-order valence-electron chi connectivity index (χ0n) is 14.9. The number of rotatable bonds is 7. The molecule has 1 fully saturated rings. The van der Waals surface area contributed by atoms with Crippen molar-refractivity contribution in [2.45, 2.75) is 45.1 Å². The molecule has 0 spiro atoms. The van der Waals surface area contributed by atoms with Gasteiger partial charge in [0, 0.05) is 25.8 Å². The van der Waals surface area contributed by atoms with E-state index in [1.54, 1.807) is 0 Å². The van der Waals surface area contributed by atoms with Gasteiger partial charge >= 0.3 is 0 Å². The van der Waals surface area contributed by atoms with Gasteiger partial charge in [0.2, 0.25) is 5.91 Å². The second-order valence-electron chi connectivity index (χ2n) is 6.69. The molecule has 0 radical (unpaired) electrons. The molecule has 1 atom stereocenters. The van der Waals surface area contributed by atoms with Gasteiger partial charge in [-0.05, 0) is 36.5 Å². The molecule has 4 nitrogen and oxygen atoms in total. The second kappa shape index (κ2) is 8.65. The van der Waals surface area contributed by atoms with Crippen molar-refractivity contribution in [3.63, 3.8) is 0 Å². The van der Waals surface area contributed by atoms with E-state index in [1.807, 2.05) is 36.5 Å². The Hall–Kier alpha value is -2.36. The van der Waals surface area contributed by atoms with Gasteiger partial charge in [0.1, 0.15) is 5.82 Å². The van der Waals surface area contributed by atoms with Crippen molar-refractivity contribution < 1.29 is 4.79 Å². The number of carbonyl (C=O) groups is 1. The second-order valence-corrected chi connectivity index (χ2v) is 6.69. The van der Waals surface area contributed by atoms with Crippen molar-refractivity contribution in [2.24, 2.45) is 0 Å². The average Bonchev–Trinajstić information content (AvgIpc) is 3.20. The Kier molecular flexibility index (Phi) is 6.04. The third-order valence-corrected chi connectivity index (χ3v) is 4.80. The topological polar surface area (TPSA) is 45.2 Å². The van der Waals surface area contributed by atoms with E-state index in [9.17, 15) is 4.79 Å². The standard InChI is InChI=1S/C21H27N3O/c1-2-8-19(18-9-4-3-5-10-18)21(25)23-16-17-11-12-20(22-15-17)24-13-6-7-14-24/h3-5,9-12,15,19H,2,6-8,13-14,16H2,1H3,(H,23,25). The van der Waals surface area contributed by atoms with Crippen LogP contribution in [0.4, 0.5) is 5.82 Å². The van der Waals surface area contributed by atoms with Crippen molar-refractivity contribution in [3.05, 3.63) is 59.8 Å². The number of benzene rings is 1. The van der Waals surface area contributed by atoms with E-state index in [0.717, 1.165) is 42.9 Å². The van der Waals surface area contributed by atoms with E-state index >= 15 is 0 Å². The maximum Gasteiger partial charge on any atom is 0.227 e. The van der Waals surface area contributed by atoms with Gasteiger partial charge in [-0.2, -0.15) is 0 Å². The van der Waals surface area contributed by atoms with Gasteiger partial charge in [-0.3, -0.25) is 4.79 Å². The Labute approximate surface area is 150 Å². The molecule has 4 heteroatoms. The highest BCUT2D eigenvalue weighted by molar-refractivity contribution is 5.83. The van der Waals surface area contributed by atoms with Gasteiger partial charge in [0.15, 0.2) is 0 Å². The van der Waals surface area contributed by atoms with Crippen molar-refractivity contribution in [2.75, 3.05) is 18.0 Å². The number of nitrogens with one attached hydrogen (secondary N) is 1. The highest BCUT2D eigenvalue weighted by Crippen LogP contribution is 2.22. The monoisotopic (exact) mass is 337 g/mol. The fourth-order valence-corrected chi connectivity index (χ4v) is 3.39. The fraction of sp³-hybridized carbons (Fsp3) is 0.429. The molecule has 1 aromatic carbocycles. The maximum absolute atomic E-state index is 12.6. The Morgan fingerprint density at radius 3 is 2.56 bits per heavy atom. The van der Waals surface area contributed by atoms with Gasteiger partial charge in [-0.1, -0.05) is 49.7 Å². The summed E-state index contributed by atoms with van der Waals surface area (Å²) in [6.45, 7) is 4.83. The zero-order valence-corrected chi connectivity index (χ0v) is 14.9. The van der Waals surface area contributed by atoms with Crippen LogP contribution in [0.5, 0.6) is 0 Å². The van der Waals surface area contributed by atoms with Crippen LogP contribution < -0.4 is 10.2 Å². The molecule has 2 aromatic rings. The Balaban J connectivity index is 1.58. The van der Waals surface area contributed by atoms with Crippen LogP contribution in [0, 0.1) is 0 Å². The number of hydrogen-bond donors (Lipinski definition) is 1. The van der Waals surface area contributed by atoms with Crippen molar-refractivity contribution in [1.82, 2.24) is 10.3 Å². The largest absolute Gasteiger partial charge is 0.357 e. The lowest BCUT2D eigenvalue weighted by Gasteiger charge is -2.18. The molecule has 1 aliphatic heterocycles. The van der Waals surface area contributed by atoms with Crippen molar-refractivity contribution >= 4 is 11.7 Å². The molecule has 1 aromatic heterocycles. The molecule has 0 bridgehead atoms. The van der Waals surface area contributed by atoms with Gasteiger partial charge < -0.3 is 10.2 Å². The van der Waals surface area contributed by atoms with E-state index in [2.05, 4.69) is 34.3 Å². The predicted octanol–water partition coefficient (Wildman–Crippen LogP) is 3.88. The SMILES string of the molecule is CCCC(C(=O)NCc1ccc(N2CCCC2)nc1)c1ccccc1. The van der Waals surface area contributed by atoms with Crippen LogP contribution in [0.1, 0.15) is 49.7 Å². The molecular formula is C21H27N3O. The van der Waals surface area contributed by atoms with Crippen LogP contribution >= 0.6 is 0 Å². The van der Waals surface area contributed by atoms with Crippen LogP contribution in [0.3, 0.4) is 0 Å². The molecule has 2 heterocycles. The average molecular weight is 337 g/mol. The summed E-state index contributed by atoms with van der Waals surface area (Å²) >= 11 is 0. The van der Waals surface area contributed by atoms with Gasteiger partial charge in [-0.15, -0.1) is 0 Å². The van der Waals surface area contributed by atoms with E-state index < -0.39 is 0 Å². The lowest BCUT2D eigenvalue weighted by molar-refractivity contribution is -0.122. The summed E-state index contributed by atoms with van der Waals surface area (Å²) in [6, 6.07) is 14.2. The van der Waals surface area contributed by atoms with E-state index in [-0.39, 0.29) is 11.8 Å². The molecule has 132 valence electrons. The number of amides is 1. The Bertz CT molecular complexity index is 663. The molecule has 1 aliphatic rings.